The molecule has 4 aromatic rings. The van der Waals surface area contributed by atoms with Crippen molar-refractivity contribution in [3.63, 3.8) is 0 Å². The molecular formula is C23H23FN6. The maximum absolute atomic E-state index is 15.4. The van der Waals surface area contributed by atoms with Gasteiger partial charge in [-0.25, -0.2) is 4.39 Å². The molecule has 2 saturated carbocycles. The highest BCUT2D eigenvalue weighted by molar-refractivity contribution is 5.91. The van der Waals surface area contributed by atoms with E-state index in [1.54, 1.807) is 17.8 Å². The lowest BCUT2D eigenvalue weighted by atomic mass is 9.67. The highest BCUT2D eigenvalue weighted by Gasteiger charge is 2.54. The number of nitrogen functional groups attached to an aromatic ring is 1. The number of nitrogens with one attached hydrogen (secondary N) is 2. The van der Waals surface area contributed by atoms with E-state index in [4.69, 9.17) is 5.73 Å². The zero-order chi connectivity index (χ0) is 20.1. The molecule has 152 valence electrons. The Morgan fingerprint density at radius 1 is 1.17 bits per heavy atom. The molecule has 2 fully saturated rings. The maximum atomic E-state index is 15.4. The van der Waals surface area contributed by atoms with Gasteiger partial charge in [0.2, 0.25) is 0 Å². The third-order valence-electron chi connectivity index (χ3n) is 8.01. The summed E-state index contributed by atoms with van der Waals surface area (Å²) in [4.78, 5) is 0. The van der Waals surface area contributed by atoms with Crippen LogP contribution in [0.25, 0.3) is 21.8 Å². The number of H-pyrrole nitrogens is 1. The van der Waals surface area contributed by atoms with E-state index in [-0.39, 0.29) is 11.9 Å². The number of aryl methyl sites for hydroxylation is 1. The van der Waals surface area contributed by atoms with Crippen LogP contribution in [0.5, 0.6) is 0 Å². The van der Waals surface area contributed by atoms with Crippen molar-refractivity contribution in [3.05, 3.63) is 47.4 Å². The number of anilines is 2. The van der Waals surface area contributed by atoms with Crippen LogP contribution >= 0.6 is 0 Å². The summed E-state index contributed by atoms with van der Waals surface area (Å²) < 4.78 is 17.1. The molecule has 3 aliphatic rings. The highest BCUT2D eigenvalue weighted by atomic mass is 19.1. The fraction of sp³-hybridized carbons (Fsp3) is 0.391. The van der Waals surface area contributed by atoms with Gasteiger partial charge >= 0.3 is 0 Å². The Morgan fingerprint density at radius 2 is 2.03 bits per heavy atom. The van der Waals surface area contributed by atoms with Crippen LogP contribution in [0.15, 0.2) is 30.5 Å². The second-order valence-corrected chi connectivity index (χ2v) is 9.32. The van der Waals surface area contributed by atoms with E-state index in [9.17, 15) is 0 Å². The largest absolute Gasteiger partial charge is 0.382 e. The van der Waals surface area contributed by atoms with E-state index in [1.807, 2.05) is 12.3 Å². The van der Waals surface area contributed by atoms with E-state index in [2.05, 4.69) is 32.7 Å². The quantitative estimate of drug-likeness (QED) is 0.439. The molecule has 0 saturated heterocycles. The Kier molecular flexibility index (Phi) is 3.08. The third-order valence-corrected chi connectivity index (χ3v) is 8.01. The van der Waals surface area contributed by atoms with Gasteiger partial charge < -0.3 is 11.1 Å². The topological polar surface area (TPSA) is 84.5 Å². The van der Waals surface area contributed by atoms with Crippen molar-refractivity contribution in [2.45, 2.75) is 31.2 Å². The van der Waals surface area contributed by atoms with Crippen LogP contribution in [0.4, 0.5) is 15.9 Å². The van der Waals surface area contributed by atoms with Gasteiger partial charge in [0.05, 0.1) is 23.3 Å². The molecule has 30 heavy (non-hydrogen) atoms. The first-order valence-corrected chi connectivity index (χ1v) is 10.7. The monoisotopic (exact) mass is 402 g/mol. The SMILES string of the molecule is Cn1nc(N)c2cc([C@@H]3Nc4ccc5[nH]ncc5c4[C@H]4C5CCC(C5)[C@@H]34)c(F)cc21. The van der Waals surface area contributed by atoms with Crippen molar-refractivity contribution in [3.8, 4) is 0 Å². The minimum absolute atomic E-state index is 0.0637. The summed E-state index contributed by atoms with van der Waals surface area (Å²) in [6, 6.07) is 7.64. The second kappa shape index (κ2) is 5.53. The normalized spacial score (nSPS) is 29.3. The van der Waals surface area contributed by atoms with Crippen molar-refractivity contribution >= 4 is 33.3 Å². The van der Waals surface area contributed by atoms with Crippen LogP contribution in [0.1, 0.15) is 42.3 Å². The molecular weight excluding hydrogens is 379 g/mol. The molecule has 2 aromatic heterocycles. The minimum atomic E-state index is -0.183. The zero-order valence-corrected chi connectivity index (χ0v) is 16.7. The smallest absolute Gasteiger partial charge is 0.153 e. The summed E-state index contributed by atoms with van der Waals surface area (Å²) >= 11 is 0. The van der Waals surface area contributed by atoms with Gasteiger partial charge in [-0.1, -0.05) is 0 Å². The summed E-state index contributed by atoms with van der Waals surface area (Å²) in [5.41, 5.74) is 11.1. The Balaban J connectivity index is 1.45. The minimum Gasteiger partial charge on any atom is -0.382 e. The van der Waals surface area contributed by atoms with Gasteiger partial charge in [0.1, 0.15) is 5.82 Å². The summed E-state index contributed by atoms with van der Waals surface area (Å²) in [5.74, 6) is 2.37. The number of hydrogen-bond donors (Lipinski definition) is 3. The second-order valence-electron chi connectivity index (χ2n) is 9.32. The molecule has 7 heteroatoms. The molecule has 0 spiro atoms. The van der Waals surface area contributed by atoms with Gasteiger partial charge in [-0.05, 0) is 66.7 Å². The highest BCUT2D eigenvalue weighted by Crippen LogP contribution is 2.64. The predicted octanol–water partition coefficient (Wildman–Crippen LogP) is 4.47. The number of aromatic nitrogens is 4. The fourth-order valence-electron chi connectivity index (χ4n) is 6.88. The molecule has 1 aliphatic heterocycles. The number of fused-ring (bicyclic) bond motifs is 10. The molecule has 2 aromatic carbocycles. The van der Waals surface area contributed by atoms with E-state index in [1.165, 1.54) is 30.2 Å². The van der Waals surface area contributed by atoms with Crippen molar-refractivity contribution in [1.82, 2.24) is 20.0 Å². The van der Waals surface area contributed by atoms with E-state index >= 15 is 4.39 Å². The number of hydrogen-bond acceptors (Lipinski definition) is 4. The molecule has 5 atom stereocenters. The lowest BCUT2D eigenvalue weighted by molar-refractivity contribution is 0.246. The Morgan fingerprint density at radius 3 is 2.93 bits per heavy atom. The predicted molar refractivity (Wildman–Crippen MR) is 115 cm³/mol. The first-order valence-electron chi connectivity index (χ1n) is 10.7. The number of benzene rings is 2. The maximum Gasteiger partial charge on any atom is 0.153 e. The van der Waals surface area contributed by atoms with E-state index in [0.29, 0.717) is 35.1 Å². The van der Waals surface area contributed by atoms with Crippen molar-refractivity contribution < 1.29 is 4.39 Å². The number of aromatic amines is 1. The number of nitrogens with two attached hydrogens (primary N) is 1. The van der Waals surface area contributed by atoms with Crippen LogP contribution in [0.3, 0.4) is 0 Å². The lowest BCUT2D eigenvalue weighted by Gasteiger charge is -2.43. The van der Waals surface area contributed by atoms with Gasteiger partial charge in [-0.15, -0.1) is 0 Å². The van der Waals surface area contributed by atoms with Crippen LogP contribution in [0.2, 0.25) is 0 Å². The molecule has 4 N–H and O–H groups in total. The first-order chi connectivity index (χ1) is 14.6. The van der Waals surface area contributed by atoms with Gasteiger partial charge in [0, 0.05) is 35.1 Å². The Hall–Kier alpha value is -3.09. The number of nitrogens with zero attached hydrogens (tertiary/aromatic N) is 3. The average Bonchev–Trinajstić information content (AvgIpc) is 3.51. The van der Waals surface area contributed by atoms with Gasteiger partial charge in [0.15, 0.2) is 5.82 Å². The van der Waals surface area contributed by atoms with Gasteiger partial charge in [-0.3, -0.25) is 9.78 Å². The van der Waals surface area contributed by atoms with Crippen molar-refractivity contribution in [1.29, 1.82) is 0 Å². The number of rotatable bonds is 1. The van der Waals surface area contributed by atoms with Gasteiger partial charge in [-0.2, -0.15) is 10.2 Å². The fourth-order valence-corrected chi connectivity index (χ4v) is 6.88. The molecule has 3 heterocycles. The zero-order valence-electron chi connectivity index (χ0n) is 16.7. The molecule has 7 rings (SSSR count). The summed E-state index contributed by atoms with van der Waals surface area (Å²) in [6.07, 6.45) is 5.69. The standard InChI is InChI=1S/C23H23FN6/c1-30-18-8-15(24)12(7-13(18)23(25)29-30)22-20-11-3-2-10(6-11)19(20)21-14-9-26-28-16(14)4-5-17(21)27-22/h4-5,7-11,19-20,22,27H,2-3,6H2,1H3,(H2,25,29)(H,26,28)/t10?,11?,19-,20+,22-/m0/s1. The van der Waals surface area contributed by atoms with Crippen LogP contribution in [0, 0.1) is 23.6 Å². The Labute approximate surface area is 172 Å². The van der Waals surface area contributed by atoms with Crippen LogP contribution in [-0.2, 0) is 7.05 Å². The van der Waals surface area contributed by atoms with E-state index < -0.39 is 0 Å². The Bertz CT molecular complexity index is 1340. The average molecular weight is 402 g/mol. The molecule has 2 aliphatic carbocycles. The summed E-state index contributed by atoms with van der Waals surface area (Å²) in [6.45, 7) is 0. The lowest BCUT2D eigenvalue weighted by Crippen LogP contribution is -2.36. The summed E-state index contributed by atoms with van der Waals surface area (Å²) in [7, 11) is 1.80. The van der Waals surface area contributed by atoms with Crippen molar-refractivity contribution in [2.75, 3.05) is 11.1 Å². The van der Waals surface area contributed by atoms with E-state index in [0.717, 1.165) is 22.1 Å². The third kappa shape index (κ3) is 1.98. The summed E-state index contributed by atoms with van der Waals surface area (Å²) in [5, 5.41) is 17.4. The van der Waals surface area contributed by atoms with Crippen LogP contribution < -0.4 is 11.1 Å². The van der Waals surface area contributed by atoms with Crippen LogP contribution in [-0.4, -0.2) is 20.0 Å². The number of halogens is 1. The molecule has 0 radical (unpaired) electrons. The molecule has 6 nitrogen and oxygen atoms in total. The molecule has 2 bridgehead atoms. The first kappa shape index (κ1) is 16.7. The molecule has 0 amide bonds. The van der Waals surface area contributed by atoms with Crippen molar-refractivity contribution in [2.24, 2.45) is 24.8 Å². The van der Waals surface area contributed by atoms with Gasteiger partial charge in [0.25, 0.3) is 0 Å². The molecule has 2 unspecified atom stereocenters.